The molecule has 1 spiro atoms. The first-order valence-electron chi connectivity index (χ1n) is 14.8. The lowest BCUT2D eigenvalue weighted by Gasteiger charge is -2.59. The van der Waals surface area contributed by atoms with Gasteiger partial charge in [0.2, 0.25) is 0 Å². The lowest BCUT2D eigenvalue weighted by atomic mass is 9.82. The van der Waals surface area contributed by atoms with Gasteiger partial charge in [-0.3, -0.25) is 0 Å². The van der Waals surface area contributed by atoms with E-state index in [1.54, 1.807) is 5.30 Å². The van der Waals surface area contributed by atoms with E-state index >= 15 is 0 Å². The number of benzene rings is 2. The first-order valence-corrected chi connectivity index (χ1v) is 16.2. The summed E-state index contributed by atoms with van der Waals surface area (Å²) in [7, 11) is -0.516. The van der Waals surface area contributed by atoms with Crippen LogP contribution in [0.5, 0.6) is 0 Å². The predicted octanol–water partition coefficient (Wildman–Crippen LogP) is 10.6. The average Bonchev–Trinajstić information content (AvgIpc) is 2.79. The van der Waals surface area contributed by atoms with Crippen LogP contribution in [0.2, 0.25) is 0 Å². The van der Waals surface area contributed by atoms with Gasteiger partial charge in [-0.25, -0.2) is 0 Å². The summed E-state index contributed by atoms with van der Waals surface area (Å²) in [6.07, 6.45) is 1.89. The molecule has 0 unspecified atom stereocenters. The van der Waals surface area contributed by atoms with E-state index in [0.29, 0.717) is 17.8 Å². The SMILES string of the molecule is C.CC(C)c1cc(C(C)C)c(-c2ccccc2P2C(C)(C)CC3(CC2(C)C)OCC(C)(C)CO3)c(C(C)C)c1. The molecule has 2 aliphatic rings. The molecule has 2 fully saturated rings. The maximum atomic E-state index is 6.62. The molecule has 0 atom stereocenters. The van der Waals surface area contributed by atoms with Gasteiger partial charge in [-0.1, -0.05) is 135 Å². The van der Waals surface area contributed by atoms with Gasteiger partial charge in [0.15, 0.2) is 5.79 Å². The van der Waals surface area contributed by atoms with Crippen LogP contribution in [0.1, 0.15) is 138 Å². The second kappa shape index (κ2) is 11.2. The Balaban J connectivity index is 0.00000420. The number of hydrogen-bond donors (Lipinski definition) is 0. The zero-order valence-electron chi connectivity index (χ0n) is 26.3. The second-order valence-electron chi connectivity index (χ2n) is 15.0. The highest BCUT2D eigenvalue weighted by Crippen LogP contribution is 2.69. The molecular formula is C36H57O2P. The third-order valence-electron chi connectivity index (χ3n) is 8.61. The Kier molecular flexibility index (Phi) is 9.30. The van der Waals surface area contributed by atoms with Gasteiger partial charge in [0.1, 0.15) is 0 Å². The van der Waals surface area contributed by atoms with Gasteiger partial charge in [-0.05, 0) is 61.2 Å². The summed E-state index contributed by atoms with van der Waals surface area (Å²) < 4.78 is 13.2. The Hall–Kier alpha value is -1.21. The van der Waals surface area contributed by atoms with E-state index in [9.17, 15) is 0 Å². The van der Waals surface area contributed by atoms with Crippen molar-refractivity contribution in [1.82, 2.24) is 0 Å². The Morgan fingerprint density at radius 2 is 1.15 bits per heavy atom. The molecule has 0 N–H and O–H groups in total. The summed E-state index contributed by atoms with van der Waals surface area (Å²) >= 11 is 0. The molecule has 0 saturated carbocycles. The van der Waals surface area contributed by atoms with E-state index in [-0.39, 0.29) is 23.2 Å². The molecule has 0 aliphatic carbocycles. The second-order valence-corrected chi connectivity index (χ2v) is 18.6. The van der Waals surface area contributed by atoms with E-state index in [1.165, 1.54) is 27.8 Å². The van der Waals surface area contributed by atoms with Crippen molar-refractivity contribution >= 4 is 13.2 Å². The molecule has 2 aliphatic heterocycles. The Morgan fingerprint density at radius 1 is 0.692 bits per heavy atom. The van der Waals surface area contributed by atoms with Gasteiger partial charge in [0.25, 0.3) is 0 Å². The first kappa shape index (κ1) is 32.3. The van der Waals surface area contributed by atoms with Gasteiger partial charge >= 0.3 is 0 Å². The summed E-state index contributed by atoms with van der Waals surface area (Å²) in [6, 6.07) is 14.4. The van der Waals surface area contributed by atoms with Crippen LogP contribution in [0.15, 0.2) is 36.4 Å². The van der Waals surface area contributed by atoms with E-state index in [0.717, 1.165) is 26.1 Å². The number of rotatable bonds is 5. The van der Waals surface area contributed by atoms with Gasteiger partial charge in [-0.15, -0.1) is 0 Å². The van der Waals surface area contributed by atoms with Crippen LogP contribution in [0.25, 0.3) is 11.1 Å². The highest BCUT2D eigenvalue weighted by atomic mass is 31.1. The van der Waals surface area contributed by atoms with Crippen molar-refractivity contribution in [3.63, 3.8) is 0 Å². The minimum atomic E-state index is -0.516. The molecule has 4 rings (SSSR count). The topological polar surface area (TPSA) is 18.5 Å². The van der Waals surface area contributed by atoms with E-state index in [2.05, 4.69) is 119 Å². The van der Waals surface area contributed by atoms with Crippen molar-refractivity contribution in [1.29, 1.82) is 0 Å². The van der Waals surface area contributed by atoms with E-state index in [4.69, 9.17) is 9.47 Å². The fraction of sp³-hybridized carbons (Fsp3) is 0.667. The van der Waals surface area contributed by atoms with Crippen LogP contribution >= 0.6 is 7.92 Å². The maximum Gasteiger partial charge on any atom is 0.170 e. The zero-order valence-corrected chi connectivity index (χ0v) is 27.2. The van der Waals surface area contributed by atoms with Gasteiger partial charge in [0, 0.05) is 18.3 Å². The summed E-state index contributed by atoms with van der Waals surface area (Å²) in [6.45, 7) is 30.0. The van der Waals surface area contributed by atoms with Gasteiger partial charge in [-0.2, -0.15) is 0 Å². The molecular weight excluding hydrogens is 495 g/mol. The van der Waals surface area contributed by atoms with Crippen LogP contribution < -0.4 is 5.30 Å². The standard InChI is InChI=1S/C35H53O2P.CH4/c1-23(2)26-17-28(24(3)4)31(29(18-26)25(5)6)27-15-13-14-16-30(27)38-33(9,10)19-35(20-34(38,11)12)36-21-32(7,8)22-37-35;/h13-18,23-25H,19-22H2,1-12H3;1H4. The third kappa shape index (κ3) is 6.34. The highest BCUT2D eigenvalue weighted by molar-refractivity contribution is 7.69. The predicted molar refractivity (Wildman–Crippen MR) is 173 cm³/mol. The first-order chi connectivity index (χ1) is 17.5. The molecule has 0 aromatic heterocycles. The molecule has 2 heterocycles. The molecule has 2 aromatic carbocycles. The molecule has 0 amide bonds. The summed E-state index contributed by atoms with van der Waals surface area (Å²) in [4.78, 5) is 0. The van der Waals surface area contributed by atoms with Crippen molar-refractivity contribution in [3.8, 4) is 11.1 Å². The molecule has 3 heteroatoms. The highest BCUT2D eigenvalue weighted by Gasteiger charge is 2.57. The summed E-state index contributed by atoms with van der Waals surface area (Å²) in [5.74, 6) is 0.975. The summed E-state index contributed by atoms with van der Waals surface area (Å²) in [5.41, 5.74) is 7.46. The largest absolute Gasteiger partial charge is 0.349 e. The minimum Gasteiger partial charge on any atom is -0.349 e. The number of ether oxygens (including phenoxy) is 2. The van der Waals surface area contributed by atoms with Crippen LogP contribution in [0, 0.1) is 5.41 Å². The van der Waals surface area contributed by atoms with Crippen LogP contribution in [0.4, 0.5) is 0 Å². The lowest BCUT2D eigenvalue weighted by molar-refractivity contribution is -0.310. The molecule has 2 aromatic rings. The molecule has 2 nitrogen and oxygen atoms in total. The lowest BCUT2D eigenvalue weighted by Crippen LogP contribution is -2.58. The van der Waals surface area contributed by atoms with Crippen molar-refractivity contribution in [2.75, 3.05) is 13.2 Å². The number of hydrogen-bond acceptors (Lipinski definition) is 2. The molecule has 0 bridgehead atoms. The van der Waals surface area contributed by atoms with E-state index in [1.807, 2.05) is 0 Å². The van der Waals surface area contributed by atoms with Crippen molar-refractivity contribution in [3.05, 3.63) is 53.1 Å². The van der Waals surface area contributed by atoms with Crippen LogP contribution in [-0.4, -0.2) is 29.3 Å². The molecule has 2 saturated heterocycles. The molecule has 218 valence electrons. The van der Waals surface area contributed by atoms with Crippen molar-refractivity contribution in [2.24, 2.45) is 5.41 Å². The quantitative estimate of drug-likeness (QED) is 0.344. The third-order valence-corrected chi connectivity index (χ3v) is 12.2. The van der Waals surface area contributed by atoms with Crippen molar-refractivity contribution in [2.45, 2.75) is 137 Å². The minimum absolute atomic E-state index is 0. The van der Waals surface area contributed by atoms with Crippen molar-refractivity contribution < 1.29 is 9.47 Å². The average molecular weight is 553 g/mol. The molecule has 39 heavy (non-hydrogen) atoms. The zero-order chi connectivity index (χ0) is 28.3. The fourth-order valence-electron chi connectivity index (χ4n) is 7.10. The maximum absolute atomic E-state index is 6.62. The Morgan fingerprint density at radius 3 is 1.59 bits per heavy atom. The van der Waals surface area contributed by atoms with Crippen LogP contribution in [0.3, 0.4) is 0 Å². The smallest absolute Gasteiger partial charge is 0.170 e. The Labute approximate surface area is 242 Å². The van der Waals surface area contributed by atoms with Gasteiger partial charge in [0.05, 0.1) is 13.2 Å². The normalized spacial score (nSPS) is 21.9. The fourth-order valence-corrected chi connectivity index (χ4v) is 11.5. The van der Waals surface area contributed by atoms with E-state index < -0.39 is 13.7 Å². The monoisotopic (exact) mass is 552 g/mol. The van der Waals surface area contributed by atoms with Crippen LogP contribution in [-0.2, 0) is 9.47 Å². The Bertz CT molecular complexity index is 1100. The summed E-state index contributed by atoms with van der Waals surface area (Å²) in [5, 5.41) is 1.69. The molecule has 0 radical (unpaired) electrons. The van der Waals surface area contributed by atoms with Gasteiger partial charge < -0.3 is 9.47 Å².